The third-order valence-corrected chi connectivity index (χ3v) is 4.75. The number of H-pyrrole nitrogens is 1. The Bertz CT molecular complexity index is 1070. The molecule has 0 saturated carbocycles. The van der Waals surface area contributed by atoms with Gasteiger partial charge in [-0.15, -0.1) is 11.3 Å². The van der Waals surface area contributed by atoms with E-state index in [0.29, 0.717) is 11.2 Å². The molecule has 0 aliphatic heterocycles. The predicted octanol–water partition coefficient (Wildman–Crippen LogP) is 3.60. The van der Waals surface area contributed by atoms with Gasteiger partial charge in [-0.1, -0.05) is 26.8 Å². The molecule has 0 amide bonds. The van der Waals surface area contributed by atoms with E-state index in [4.69, 9.17) is 0 Å². The Balaban J connectivity index is 2.02. The standard InChI is InChI=1S/C17H16N4OS/c1-17(2,3)13-8-14-18-9-10-7-11(12-5-4-6-23-12)16(22)19-15(10)21(14)20-13/h4-9H,1-3H3,(H,19,22). The SMILES string of the molecule is CC(C)(C)c1cc2ncc3cc(-c4cccs4)c(=O)[nH]c3n2n1. The van der Waals surface area contributed by atoms with Crippen molar-refractivity contribution in [3.63, 3.8) is 0 Å². The Hall–Kier alpha value is -2.47. The molecular weight excluding hydrogens is 308 g/mol. The molecule has 4 rings (SSSR count). The summed E-state index contributed by atoms with van der Waals surface area (Å²) in [6, 6.07) is 7.72. The second-order valence-electron chi connectivity index (χ2n) is 6.60. The van der Waals surface area contributed by atoms with Crippen LogP contribution >= 0.6 is 11.3 Å². The molecule has 0 aliphatic rings. The van der Waals surface area contributed by atoms with Gasteiger partial charge >= 0.3 is 0 Å². The van der Waals surface area contributed by atoms with E-state index in [0.717, 1.165) is 21.6 Å². The fraction of sp³-hybridized carbons (Fsp3) is 0.235. The molecule has 0 fully saturated rings. The van der Waals surface area contributed by atoms with Crippen LogP contribution in [0.1, 0.15) is 26.5 Å². The molecule has 0 radical (unpaired) electrons. The van der Waals surface area contributed by atoms with Crippen LogP contribution in [-0.4, -0.2) is 19.6 Å². The molecule has 0 atom stereocenters. The van der Waals surface area contributed by atoms with Gasteiger partial charge in [-0.2, -0.15) is 9.61 Å². The third kappa shape index (κ3) is 2.26. The van der Waals surface area contributed by atoms with Crippen molar-refractivity contribution in [1.82, 2.24) is 19.6 Å². The average molecular weight is 324 g/mol. The van der Waals surface area contributed by atoms with Gasteiger partial charge in [0.25, 0.3) is 5.56 Å². The minimum absolute atomic E-state index is 0.0722. The van der Waals surface area contributed by atoms with Crippen molar-refractivity contribution in [3.8, 4) is 10.4 Å². The van der Waals surface area contributed by atoms with Crippen LogP contribution in [0, 0.1) is 0 Å². The van der Waals surface area contributed by atoms with Crippen molar-refractivity contribution in [2.75, 3.05) is 0 Å². The summed E-state index contributed by atoms with van der Waals surface area (Å²) in [6.07, 6.45) is 1.78. The quantitative estimate of drug-likeness (QED) is 0.582. The summed E-state index contributed by atoms with van der Waals surface area (Å²) < 4.78 is 1.72. The zero-order chi connectivity index (χ0) is 16.2. The largest absolute Gasteiger partial charge is 0.306 e. The molecule has 116 valence electrons. The smallest absolute Gasteiger partial charge is 0.258 e. The van der Waals surface area contributed by atoms with Crippen molar-refractivity contribution >= 4 is 28.0 Å². The van der Waals surface area contributed by atoms with Crippen molar-refractivity contribution in [2.45, 2.75) is 26.2 Å². The fourth-order valence-electron chi connectivity index (χ4n) is 2.55. The maximum Gasteiger partial charge on any atom is 0.258 e. The van der Waals surface area contributed by atoms with Crippen molar-refractivity contribution in [1.29, 1.82) is 0 Å². The van der Waals surface area contributed by atoms with Crippen LogP contribution in [0.4, 0.5) is 0 Å². The Morgan fingerprint density at radius 2 is 2.09 bits per heavy atom. The first-order chi connectivity index (χ1) is 10.9. The maximum absolute atomic E-state index is 12.5. The Morgan fingerprint density at radius 3 is 2.78 bits per heavy atom. The van der Waals surface area contributed by atoms with Gasteiger partial charge in [0.05, 0.1) is 11.3 Å². The summed E-state index contributed by atoms with van der Waals surface area (Å²) in [5.74, 6) is 0. The summed E-state index contributed by atoms with van der Waals surface area (Å²) >= 11 is 1.55. The highest BCUT2D eigenvalue weighted by atomic mass is 32.1. The van der Waals surface area contributed by atoms with Gasteiger partial charge in [0.2, 0.25) is 0 Å². The minimum atomic E-state index is -0.111. The van der Waals surface area contributed by atoms with E-state index in [9.17, 15) is 4.79 Å². The molecule has 0 saturated heterocycles. The van der Waals surface area contributed by atoms with Gasteiger partial charge in [0, 0.05) is 27.9 Å². The van der Waals surface area contributed by atoms with Crippen molar-refractivity contribution in [2.24, 2.45) is 0 Å². The van der Waals surface area contributed by atoms with Gasteiger partial charge in [0.1, 0.15) is 5.65 Å². The van der Waals surface area contributed by atoms with Crippen LogP contribution in [0.25, 0.3) is 27.1 Å². The molecule has 4 aromatic heterocycles. The highest BCUT2D eigenvalue weighted by Gasteiger charge is 2.19. The van der Waals surface area contributed by atoms with Gasteiger partial charge in [-0.25, -0.2) is 4.98 Å². The number of hydrogen-bond donors (Lipinski definition) is 1. The first-order valence-electron chi connectivity index (χ1n) is 7.40. The lowest BCUT2D eigenvalue weighted by Crippen LogP contribution is -2.13. The topological polar surface area (TPSA) is 63.0 Å². The lowest BCUT2D eigenvalue weighted by molar-refractivity contribution is 0.563. The van der Waals surface area contributed by atoms with Crippen LogP contribution in [0.5, 0.6) is 0 Å². The number of nitrogens with one attached hydrogen (secondary N) is 1. The van der Waals surface area contributed by atoms with Crippen LogP contribution < -0.4 is 5.56 Å². The predicted molar refractivity (Wildman–Crippen MR) is 93.1 cm³/mol. The monoisotopic (exact) mass is 324 g/mol. The first-order valence-corrected chi connectivity index (χ1v) is 8.27. The summed E-state index contributed by atoms with van der Waals surface area (Å²) in [5, 5.41) is 7.46. The molecular formula is C17H16N4OS. The molecule has 5 nitrogen and oxygen atoms in total. The highest BCUT2D eigenvalue weighted by molar-refractivity contribution is 7.13. The third-order valence-electron chi connectivity index (χ3n) is 3.84. The van der Waals surface area contributed by atoms with Crippen LogP contribution in [0.3, 0.4) is 0 Å². The van der Waals surface area contributed by atoms with E-state index in [1.165, 1.54) is 0 Å². The van der Waals surface area contributed by atoms with E-state index in [-0.39, 0.29) is 11.0 Å². The Labute approximate surface area is 136 Å². The molecule has 0 aliphatic carbocycles. The molecule has 0 aromatic carbocycles. The number of aromatic amines is 1. The Morgan fingerprint density at radius 1 is 1.26 bits per heavy atom. The number of nitrogens with zero attached hydrogens (tertiary/aromatic N) is 3. The van der Waals surface area contributed by atoms with Crippen molar-refractivity contribution in [3.05, 3.63) is 51.9 Å². The van der Waals surface area contributed by atoms with E-state index >= 15 is 0 Å². The van der Waals surface area contributed by atoms with E-state index < -0.39 is 0 Å². The van der Waals surface area contributed by atoms with Gasteiger partial charge in [0.15, 0.2) is 5.65 Å². The normalized spacial score (nSPS) is 12.3. The van der Waals surface area contributed by atoms with Gasteiger partial charge in [-0.05, 0) is 17.5 Å². The molecule has 0 unspecified atom stereocenters. The number of pyridine rings is 1. The number of hydrogen-bond acceptors (Lipinski definition) is 4. The number of rotatable bonds is 1. The van der Waals surface area contributed by atoms with Gasteiger partial charge < -0.3 is 4.98 Å². The summed E-state index contributed by atoms with van der Waals surface area (Å²) in [7, 11) is 0. The van der Waals surface area contributed by atoms with E-state index in [2.05, 4.69) is 35.8 Å². The fourth-order valence-corrected chi connectivity index (χ4v) is 3.29. The molecule has 4 heterocycles. The Kier molecular flexibility index (Phi) is 2.93. The zero-order valence-corrected chi connectivity index (χ0v) is 13.9. The summed E-state index contributed by atoms with van der Waals surface area (Å²) in [4.78, 5) is 20.9. The van der Waals surface area contributed by atoms with E-state index in [1.807, 2.05) is 29.6 Å². The minimum Gasteiger partial charge on any atom is -0.306 e. The molecule has 23 heavy (non-hydrogen) atoms. The van der Waals surface area contributed by atoms with E-state index in [1.54, 1.807) is 22.0 Å². The highest BCUT2D eigenvalue weighted by Crippen LogP contribution is 2.25. The van der Waals surface area contributed by atoms with Gasteiger partial charge in [-0.3, -0.25) is 4.79 Å². The molecule has 0 bridgehead atoms. The number of fused-ring (bicyclic) bond motifs is 3. The number of thiophene rings is 1. The molecule has 4 aromatic rings. The second kappa shape index (κ2) is 4.76. The molecule has 1 N–H and O–H groups in total. The lowest BCUT2D eigenvalue weighted by atomic mass is 9.93. The lowest BCUT2D eigenvalue weighted by Gasteiger charge is -2.13. The zero-order valence-electron chi connectivity index (χ0n) is 13.1. The second-order valence-corrected chi connectivity index (χ2v) is 7.55. The van der Waals surface area contributed by atoms with Crippen LogP contribution in [0.15, 0.2) is 40.6 Å². The average Bonchev–Trinajstić information content (AvgIpc) is 3.15. The molecule has 0 spiro atoms. The van der Waals surface area contributed by atoms with Crippen LogP contribution in [0.2, 0.25) is 0 Å². The van der Waals surface area contributed by atoms with Crippen molar-refractivity contribution < 1.29 is 0 Å². The summed E-state index contributed by atoms with van der Waals surface area (Å²) in [6.45, 7) is 6.32. The number of aromatic nitrogens is 4. The van der Waals surface area contributed by atoms with Crippen LogP contribution in [-0.2, 0) is 5.41 Å². The first kappa shape index (κ1) is 14.1. The molecule has 6 heteroatoms. The summed E-state index contributed by atoms with van der Waals surface area (Å²) in [5.41, 5.74) is 2.84. The maximum atomic E-state index is 12.5.